The third-order valence-electron chi connectivity index (χ3n) is 4.27. The Kier molecular flexibility index (Phi) is 4.28. The molecule has 1 aliphatic carbocycles. The molecule has 2 aromatic rings. The standard InChI is InChI=1S/C16H19N5O3/c1-9-3-10(2)21(16(24)19-9)7-15(23)20-12-4-11(5-12)13-6-14(22)18-8-17-13/h3,6,8,11-12H,4-5,7H2,1-2H3,(H,20,23)(H,17,18,22). The van der Waals surface area contributed by atoms with Crippen LogP contribution in [0.2, 0.25) is 0 Å². The number of hydrogen-bond donors (Lipinski definition) is 2. The highest BCUT2D eigenvalue weighted by Crippen LogP contribution is 2.35. The highest BCUT2D eigenvalue weighted by Gasteiger charge is 2.32. The highest BCUT2D eigenvalue weighted by molar-refractivity contribution is 5.76. The van der Waals surface area contributed by atoms with Gasteiger partial charge in [0.2, 0.25) is 5.91 Å². The van der Waals surface area contributed by atoms with E-state index in [4.69, 9.17) is 0 Å². The number of nitrogens with one attached hydrogen (secondary N) is 2. The number of aromatic amines is 1. The van der Waals surface area contributed by atoms with Crippen LogP contribution < -0.4 is 16.6 Å². The van der Waals surface area contributed by atoms with Gasteiger partial charge in [-0.25, -0.2) is 9.78 Å². The van der Waals surface area contributed by atoms with Gasteiger partial charge in [0.05, 0.1) is 12.0 Å². The molecule has 3 rings (SSSR count). The van der Waals surface area contributed by atoms with E-state index in [0.717, 1.165) is 18.5 Å². The average molecular weight is 329 g/mol. The van der Waals surface area contributed by atoms with Crippen LogP contribution in [0, 0.1) is 13.8 Å². The van der Waals surface area contributed by atoms with Gasteiger partial charge in [-0.3, -0.25) is 14.2 Å². The lowest BCUT2D eigenvalue weighted by atomic mass is 9.78. The second-order valence-electron chi connectivity index (χ2n) is 6.18. The molecule has 0 radical (unpaired) electrons. The Morgan fingerprint density at radius 1 is 1.33 bits per heavy atom. The molecule has 126 valence electrons. The highest BCUT2D eigenvalue weighted by atomic mass is 16.2. The normalized spacial score (nSPS) is 19.6. The number of H-pyrrole nitrogens is 1. The van der Waals surface area contributed by atoms with E-state index in [2.05, 4.69) is 20.3 Å². The largest absolute Gasteiger partial charge is 0.352 e. The fourth-order valence-electron chi connectivity index (χ4n) is 2.97. The van der Waals surface area contributed by atoms with Crippen molar-refractivity contribution in [2.45, 2.75) is 45.2 Å². The van der Waals surface area contributed by atoms with Gasteiger partial charge < -0.3 is 10.3 Å². The van der Waals surface area contributed by atoms with Crippen LogP contribution in [0.15, 0.2) is 28.0 Å². The molecule has 0 unspecified atom stereocenters. The number of nitrogens with zero attached hydrogens (tertiary/aromatic N) is 3. The molecule has 1 aliphatic rings. The number of amides is 1. The summed E-state index contributed by atoms with van der Waals surface area (Å²) in [6.45, 7) is 3.49. The van der Waals surface area contributed by atoms with Gasteiger partial charge >= 0.3 is 5.69 Å². The number of carbonyl (C=O) groups is 1. The molecule has 0 aromatic carbocycles. The third-order valence-corrected chi connectivity index (χ3v) is 4.27. The molecule has 2 N–H and O–H groups in total. The number of aryl methyl sites for hydroxylation is 2. The molecule has 0 saturated heterocycles. The van der Waals surface area contributed by atoms with Gasteiger partial charge in [-0.05, 0) is 32.8 Å². The van der Waals surface area contributed by atoms with Crippen molar-refractivity contribution in [3.63, 3.8) is 0 Å². The summed E-state index contributed by atoms with van der Waals surface area (Å²) < 4.78 is 1.36. The monoisotopic (exact) mass is 329 g/mol. The van der Waals surface area contributed by atoms with Crippen LogP contribution in [0.1, 0.15) is 35.8 Å². The second-order valence-corrected chi connectivity index (χ2v) is 6.18. The lowest BCUT2D eigenvalue weighted by Crippen LogP contribution is -2.46. The van der Waals surface area contributed by atoms with Crippen molar-refractivity contribution in [3.05, 3.63) is 56.4 Å². The van der Waals surface area contributed by atoms with Gasteiger partial charge in [0.1, 0.15) is 6.54 Å². The lowest BCUT2D eigenvalue weighted by Gasteiger charge is -2.35. The SMILES string of the molecule is Cc1cc(C)n(CC(=O)NC2CC(c3cc(=O)[nH]cn3)C2)c(=O)n1. The molecule has 8 heteroatoms. The molecule has 0 atom stereocenters. The summed E-state index contributed by atoms with van der Waals surface area (Å²) in [6, 6.07) is 3.30. The Morgan fingerprint density at radius 2 is 2.08 bits per heavy atom. The molecule has 2 heterocycles. The van der Waals surface area contributed by atoms with E-state index < -0.39 is 5.69 Å². The zero-order valence-electron chi connectivity index (χ0n) is 13.6. The van der Waals surface area contributed by atoms with Crippen LogP contribution in [0.5, 0.6) is 0 Å². The topological polar surface area (TPSA) is 110 Å². The Labute approximate surface area is 138 Å². The molecule has 0 aliphatic heterocycles. The van der Waals surface area contributed by atoms with Crippen LogP contribution in [0.4, 0.5) is 0 Å². The maximum Gasteiger partial charge on any atom is 0.348 e. The van der Waals surface area contributed by atoms with Crippen molar-refractivity contribution in [1.29, 1.82) is 0 Å². The molecule has 8 nitrogen and oxygen atoms in total. The summed E-state index contributed by atoms with van der Waals surface area (Å²) in [7, 11) is 0. The van der Waals surface area contributed by atoms with Crippen molar-refractivity contribution in [2.24, 2.45) is 0 Å². The van der Waals surface area contributed by atoms with Gasteiger partial charge in [0.25, 0.3) is 5.56 Å². The minimum atomic E-state index is -0.415. The molecule has 24 heavy (non-hydrogen) atoms. The Bertz CT molecular complexity index is 880. The first-order valence-corrected chi connectivity index (χ1v) is 7.81. The zero-order chi connectivity index (χ0) is 17.3. The first kappa shape index (κ1) is 16.1. The Balaban J connectivity index is 1.56. The molecule has 2 aromatic heterocycles. The summed E-state index contributed by atoms with van der Waals surface area (Å²) in [4.78, 5) is 45.8. The zero-order valence-corrected chi connectivity index (χ0v) is 13.6. The minimum absolute atomic E-state index is 0.0393. The number of carbonyl (C=O) groups excluding carboxylic acids is 1. The Hall–Kier alpha value is -2.77. The van der Waals surface area contributed by atoms with Gasteiger partial charge in [0.15, 0.2) is 0 Å². The first-order valence-electron chi connectivity index (χ1n) is 7.81. The molecule has 0 spiro atoms. The third kappa shape index (κ3) is 3.42. The molecule has 1 fully saturated rings. The summed E-state index contributed by atoms with van der Waals surface area (Å²) >= 11 is 0. The second kappa shape index (κ2) is 6.38. The van der Waals surface area contributed by atoms with E-state index in [-0.39, 0.29) is 30.0 Å². The van der Waals surface area contributed by atoms with E-state index in [0.29, 0.717) is 11.4 Å². The summed E-state index contributed by atoms with van der Waals surface area (Å²) in [5.74, 6) is -0.0312. The Morgan fingerprint density at radius 3 is 2.75 bits per heavy atom. The van der Waals surface area contributed by atoms with E-state index >= 15 is 0 Å². The number of aromatic nitrogens is 4. The lowest BCUT2D eigenvalue weighted by molar-refractivity contribution is -0.123. The van der Waals surface area contributed by atoms with Crippen molar-refractivity contribution >= 4 is 5.91 Å². The van der Waals surface area contributed by atoms with Crippen LogP contribution in [0.25, 0.3) is 0 Å². The average Bonchev–Trinajstić information content (AvgIpc) is 2.46. The maximum atomic E-state index is 12.1. The smallest absolute Gasteiger partial charge is 0.348 e. The van der Waals surface area contributed by atoms with Crippen LogP contribution in [0.3, 0.4) is 0 Å². The van der Waals surface area contributed by atoms with E-state index in [1.54, 1.807) is 19.9 Å². The number of hydrogen-bond acceptors (Lipinski definition) is 5. The van der Waals surface area contributed by atoms with E-state index in [1.807, 2.05) is 0 Å². The quantitative estimate of drug-likeness (QED) is 0.821. The van der Waals surface area contributed by atoms with E-state index in [1.165, 1.54) is 17.0 Å². The summed E-state index contributed by atoms with van der Waals surface area (Å²) in [5, 5.41) is 2.91. The molecular weight excluding hydrogens is 310 g/mol. The predicted octanol–water partition coefficient (Wildman–Crippen LogP) is 0.00584. The van der Waals surface area contributed by atoms with Crippen LogP contribution in [-0.2, 0) is 11.3 Å². The predicted molar refractivity (Wildman–Crippen MR) is 86.7 cm³/mol. The van der Waals surface area contributed by atoms with Crippen molar-refractivity contribution in [1.82, 2.24) is 24.8 Å². The summed E-state index contributed by atoms with van der Waals surface area (Å²) in [5.41, 5.74) is 1.51. The molecule has 0 bridgehead atoms. The first-order chi connectivity index (χ1) is 11.4. The van der Waals surface area contributed by atoms with Crippen LogP contribution in [-0.4, -0.2) is 31.5 Å². The molecule has 1 saturated carbocycles. The molecule has 1 amide bonds. The number of rotatable bonds is 4. The van der Waals surface area contributed by atoms with Crippen molar-refractivity contribution in [3.8, 4) is 0 Å². The fourth-order valence-corrected chi connectivity index (χ4v) is 2.97. The van der Waals surface area contributed by atoms with Gasteiger partial charge in [-0.1, -0.05) is 0 Å². The fraction of sp³-hybridized carbons (Fsp3) is 0.438. The maximum absolute atomic E-state index is 12.1. The van der Waals surface area contributed by atoms with Gasteiger partial charge in [0, 0.05) is 29.4 Å². The summed E-state index contributed by atoms with van der Waals surface area (Å²) in [6.07, 6.45) is 2.87. The van der Waals surface area contributed by atoms with Crippen molar-refractivity contribution < 1.29 is 4.79 Å². The molecular formula is C16H19N5O3. The van der Waals surface area contributed by atoms with Crippen LogP contribution >= 0.6 is 0 Å². The minimum Gasteiger partial charge on any atom is -0.352 e. The van der Waals surface area contributed by atoms with Gasteiger partial charge in [-0.2, -0.15) is 4.98 Å². The van der Waals surface area contributed by atoms with E-state index in [9.17, 15) is 14.4 Å². The van der Waals surface area contributed by atoms with Crippen molar-refractivity contribution in [2.75, 3.05) is 0 Å². The van der Waals surface area contributed by atoms with Gasteiger partial charge in [-0.15, -0.1) is 0 Å².